The third-order valence-corrected chi connectivity index (χ3v) is 3.28. The van der Waals surface area contributed by atoms with Crippen molar-refractivity contribution in [2.75, 3.05) is 13.1 Å². The maximum Gasteiger partial charge on any atom is 0.207 e. The van der Waals surface area contributed by atoms with Gasteiger partial charge in [0.15, 0.2) is 0 Å². The van der Waals surface area contributed by atoms with Gasteiger partial charge in [-0.2, -0.15) is 0 Å². The minimum absolute atomic E-state index is 0.556. The third kappa shape index (κ3) is 1.43. The highest BCUT2D eigenvalue weighted by molar-refractivity contribution is 6.28. The Hall–Kier alpha value is -1.06. The highest BCUT2D eigenvalue weighted by Crippen LogP contribution is 2.25. The van der Waals surface area contributed by atoms with Crippen molar-refractivity contribution in [2.24, 2.45) is 0 Å². The van der Waals surface area contributed by atoms with Gasteiger partial charge in [-0.1, -0.05) is 6.07 Å². The van der Waals surface area contributed by atoms with Crippen LogP contribution in [0.5, 0.6) is 0 Å². The van der Waals surface area contributed by atoms with Crippen molar-refractivity contribution >= 4 is 17.1 Å². The lowest BCUT2D eigenvalue weighted by molar-refractivity contribution is 0.721. The van der Waals surface area contributed by atoms with Gasteiger partial charge in [-0.05, 0) is 36.7 Å². The Bertz CT molecular complexity index is 486. The summed E-state index contributed by atoms with van der Waals surface area (Å²) in [5.41, 5.74) is 2.34. The van der Waals surface area contributed by atoms with Crippen LogP contribution >= 0.6 is 11.6 Å². The fraction of sp³-hybridized carbons (Fsp3) is 0.364. The van der Waals surface area contributed by atoms with E-state index in [4.69, 9.17) is 11.6 Å². The van der Waals surface area contributed by atoms with Crippen LogP contribution in [0.25, 0.3) is 5.52 Å². The maximum absolute atomic E-state index is 6.09. The molecular formula is C11H12ClN3. The Morgan fingerprint density at radius 2 is 2.40 bits per heavy atom. The second kappa shape index (κ2) is 3.51. The van der Waals surface area contributed by atoms with E-state index < -0.39 is 0 Å². The second-order valence-corrected chi connectivity index (χ2v) is 4.27. The van der Waals surface area contributed by atoms with Gasteiger partial charge in [0.1, 0.15) is 0 Å². The molecule has 0 aromatic carbocycles. The topological polar surface area (TPSA) is 29.3 Å². The van der Waals surface area contributed by atoms with Crippen LogP contribution in [0, 0.1) is 0 Å². The number of hydrogen-bond acceptors (Lipinski definition) is 2. The fourth-order valence-electron chi connectivity index (χ4n) is 2.26. The predicted octanol–water partition coefficient (Wildman–Crippen LogP) is 2.06. The molecule has 15 heavy (non-hydrogen) atoms. The molecule has 1 aliphatic heterocycles. The summed E-state index contributed by atoms with van der Waals surface area (Å²) in [4.78, 5) is 4.14. The van der Waals surface area contributed by atoms with Gasteiger partial charge in [0.25, 0.3) is 0 Å². The number of fused-ring (bicyclic) bond motifs is 1. The van der Waals surface area contributed by atoms with E-state index in [2.05, 4.69) is 22.4 Å². The van der Waals surface area contributed by atoms with Gasteiger partial charge < -0.3 is 5.32 Å². The first kappa shape index (κ1) is 9.19. The molecule has 1 aliphatic rings. The van der Waals surface area contributed by atoms with Crippen LogP contribution in [-0.2, 0) is 0 Å². The summed E-state index contributed by atoms with van der Waals surface area (Å²) < 4.78 is 2.04. The predicted molar refractivity (Wildman–Crippen MR) is 60.4 cm³/mol. The Kier molecular flexibility index (Phi) is 2.15. The molecule has 1 unspecified atom stereocenters. The zero-order chi connectivity index (χ0) is 10.3. The summed E-state index contributed by atoms with van der Waals surface area (Å²) in [6.07, 6.45) is 2.99. The van der Waals surface area contributed by atoms with Crippen molar-refractivity contribution in [3.63, 3.8) is 0 Å². The number of hydrogen-bond donors (Lipinski definition) is 1. The van der Waals surface area contributed by atoms with Gasteiger partial charge in [0.05, 0.1) is 11.7 Å². The van der Waals surface area contributed by atoms with Crippen LogP contribution in [0.2, 0.25) is 5.28 Å². The quantitative estimate of drug-likeness (QED) is 0.799. The average Bonchev–Trinajstić information content (AvgIpc) is 2.88. The number of halogens is 1. The zero-order valence-electron chi connectivity index (χ0n) is 8.28. The number of rotatable bonds is 1. The molecule has 0 bridgehead atoms. The van der Waals surface area contributed by atoms with Crippen LogP contribution in [0.4, 0.5) is 0 Å². The van der Waals surface area contributed by atoms with Crippen molar-refractivity contribution in [3.8, 4) is 0 Å². The maximum atomic E-state index is 6.09. The summed E-state index contributed by atoms with van der Waals surface area (Å²) in [5, 5.41) is 3.93. The van der Waals surface area contributed by atoms with Crippen molar-refractivity contribution in [2.45, 2.75) is 12.3 Å². The minimum Gasteiger partial charge on any atom is -0.316 e. The molecule has 3 nitrogen and oxygen atoms in total. The standard InChI is InChI=1S/C11H12ClN3/c12-11-14-7-9-2-1-3-10(15(9)11)8-4-5-13-6-8/h1-3,7-8,13H,4-6H2. The van der Waals surface area contributed by atoms with Crippen LogP contribution in [0.1, 0.15) is 18.0 Å². The molecule has 4 heteroatoms. The summed E-state index contributed by atoms with van der Waals surface area (Å²) in [6, 6.07) is 6.24. The lowest BCUT2D eigenvalue weighted by atomic mass is 10.0. The monoisotopic (exact) mass is 221 g/mol. The van der Waals surface area contributed by atoms with Gasteiger partial charge in [0, 0.05) is 18.2 Å². The molecule has 2 aromatic rings. The first-order valence-electron chi connectivity index (χ1n) is 5.19. The van der Waals surface area contributed by atoms with E-state index in [1.165, 1.54) is 12.1 Å². The summed E-state index contributed by atoms with van der Waals surface area (Å²) in [6.45, 7) is 2.13. The number of nitrogens with zero attached hydrogens (tertiary/aromatic N) is 2. The first-order valence-corrected chi connectivity index (χ1v) is 5.56. The Labute approximate surface area is 93.1 Å². The van der Waals surface area contributed by atoms with Crippen LogP contribution in [-0.4, -0.2) is 22.5 Å². The highest BCUT2D eigenvalue weighted by Gasteiger charge is 2.19. The normalized spacial score (nSPS) is 21.3. The third-order valence-electron chi connectivity index (χ3n) is 3.02. The highest BCUT2D eigenvalue weighted by atomic mass is 35.5. The summed E-state index contributed by atoms with van der Waals surface area (Å²) in [7, 11) is 0. The molecule has 0 radical (unpaired) electrons. The molecule has 1 atom stereocenters. The Morgan fingerprint density at radius 1 is 1.47 bits per heavy atom. The number of nitrogens with one attached hydrogen (secondary N) is 1. The molecule has 1 N–H and O–H groups in total. The summed E-state index contributed by atoms with van der Waals surface area (Å²) in [5.74, 6) is 0.556. The van der Waals surface area contributed by atoms with E-state index in [9.17, 15) is 0 Å². The van der Waals surface area contributed by atoms with E-state index >= 15 is 0 Å². The molecular weight excluding hydrogens is 210 g/mol. The van der Waals surface area contributed by atoms with E-state index in [0.29, 0.717) is 11.2 Å². The minimum atomic E-state index is 0.556. The number of aromatic nitrogens is 2. The lowest BCUT2D eigenvalue weighted by Gasteiger charge is -2.11. The molecule has 78 valence electrons. The average molecular weight is 222 g/mol. The Balaban J connectivity index is 2.19. The van der Waals surface area contributed by atoms with Crippen LogP contribution in [0.15, 0.2) is 24.4 Å². The SMILES string of the molecule is Clc1ncc2cccc(C3CCNC3)n12. The number of pyridine rings is 1. The van der Waals surface area contributed by atoms with Crippen LogP contribution < -0.4 is 5.32 Å². The largest absolute Gasteiger partial charge is 0.316 e. The fourth-order valence-corrected chi connectivity index (χ4v) is 2.50. The van der Waals surface area contributed by atoms with Gasteiger partial charge >= 0.3 is 0 Å². The summed E-state index contributed by atoms with van der Waals surface area (Å²) >= 11 is 6.09. The molecule has 0 aliphatic carbocycles. The van der Waals surface area contributed by atoms with Gasteiger partial charge in [-0.3, -0.25) is 4.40 Å². The van der Waals surface area contributed by atoms with Crippen molar-refractivity contribution < 1.29 is 0 Å². The molecule has 3 heterocycles. The lowest BCUT2D eigenvalue weighted by Crippen LogP contribution is -2.10. The molecule has 3 rings (SSSR count). The molecule has 0 amide bonds. The van der Waals surface area contributed by atoms with Gasteiger partial charge in [0.2, 0.25) is 5.28 Å². The van der Waals surface area contributed by atoms with E-state index in [0.717, 1.165) is 18.6 Å². The van der Waals surface area contributed by atoms with Crippen molar-refractivity contribution in [1.82, 2.24) is 14.7 Å². The van der Waals surface area contributed by atoms with Crippen molar-refractivity contribution in [1.29, 1.82) is 0 Å². The molecule has 0 saturated carbocycles. The molecule has 1 saturated heterocycles. The van der Waals surface area contributed by atoms with Crippen LogP contribution in [0.3, 0.4) is 0 Å². The molecule has 0 spiro atoms. The first-order chi connectivity index (χ1) is 7.36. The van der Waals surface area contributed by atoms with E-state index in [1.54, 1.807) is 0 Å². The number of imidazole rings is 1. The van der Waals surface area contributed by atoms with Gasteiger partial charge in [-0.25, -0.2) is 4.98 Å². The smallest absolute Gasteiger partial charge is 0.207 e. The van der Waals surface area contributed by atoms with Crippen molar-refractivity contribution in [3.05, 3.63) is 35.4 Å². The van der Waals surface area contributed by atoms with Gasteiger partial charge in [-0.15, -0.1) is 0 Å². The zero-order valence-corrected chi connectivity index (χ0v) is 9.04. The van der Waals surface area contributed by atoms with E-state index in [1.807, 2.05) is 16.7 Å². The van der Waals surface area contributed by atoms with E-state index in [-0.39, 0.29) is 0 Å². The second-order valence-electron chi connectivity index (χ2n) is 3.93. The molecule has 2 aromatic heterocycles. The molecule has 1 fully saturated rings. The Morgan fingerprint density at radius 3 is 3.20 bits per heavy atom.